The molecule has 0 bridgehead atoms. The molecule has 0 aromatic heterocycles. The first kappa shape index (κ1) is 58.4. The Bertz CT molecular complexity index is 4660. The largest absolute Gasteiger partial charge is 0.300 e. The molecule has 0 aliphatic carbocycles. The number of hydrogen-bond acceptors (Lipinski definition) is 8. The van der Waals surface area contributed by atoms with Crippen LogP contribution >= 0.6 is 0 Å². The van der Waals surface area contributed by atoms with Crippen molar-refractivity contribution in [1.82, 2.24) is 0 Å². The number of hydrogen-bond donors (Lipinski definition) is 0. The van der Waals surface area contributed by atoms with E-state index in [0.717, 1.165) is 72.3 Å². The summed E-state index contributed by atoms with van der Waals surface area (Å²) in [4.78, 5) is 113. The lowest BCUT2D eigenvalue weighted by molar-refractivity contribution is -0.124. The maximum absolute atomic E-state index is 13.8. The van der Waals surface area contributed by atoms with Crippen LogP contribution in [0, 0.1) is 0 Å². The van der Waals surface area contributed by atoms with Crippen molar-refractivity contribution in [3.8, 4) is 55.6 Å². The third-order valence-corrected chi connectivity index (χ3v) is 17.5. The lowest BCUT2D eigenvalue weighted by atomic mass is 9.81. The number of anilines is 4. The summed E-state index contributed by atoms with van der Waals surface area (Å²) in [6.07, 6.45) is 11.5. The SMILES string of the molecule is O=C1C=CC(=O)N(c2ccc(C(c3ccc(-c4ccc(C(c5ccc(N6C(=O)C=CC6=O)c(-c6ccccc6)c5)c5ccc(N6C(=O)C=CC6=O)c(-c6ccccc6)c5)cc4)cc3)c3ccc(N4C(=O)C=CCCC4=O)c(-c4ccccc4)c3)cc2-c2ccccc2)C1. The van der Waals surface area contributed by atoms with Crippen molar-refractivity contribution in [2.45, 2.75) is 24.7 Å². The van der Waals surface area contributed by atoms with Gasteiger partial charge in [-0.15, -0.1) is 0 Å². The van der Waals surface area contributed by atoms with Crippen molar-refractivity contribution in [3.63, 3.8) is 0 Å². The maximum Gasteiger partial charge on any atom is 0.258 e. The highest BCUT2D eigenvalue weighted by Gasteiger charge is 2.33. The Morgan fingerprint density at radius 2 is 0.581 bits per heavy atom. The van der Waals surface area contributed by atoms with Crippen molar-refractivity contribution in [2.24, 2.45) is 0 Å². The van der Waals surface area contributed by atoms with Crippen LogP contribution in [0.3, 0.4) is 0 Å². The molecule has 12 nitrogen and oxygen atoms in total. The minimum atomic E-state index is -0.474. The molecule has 0 spiro atoms. The number of amides is 7. The first-order chi connectivity index (χ1) is 45.4. The molecule has 4 heterocycles. The van der Waals surface area contributed by atoms with Gasteiger partial charge in [0.2, 0.25) is 5.91 Å². The van der Waals surface area contributed by atoms with Gasteiger partial charge >= 0.3 is 0 Å². The molecule has 0 saturated carbocycles. The molecule has 4 aliphatic rings. The molecular formula is C81H56N4O8. The number of carbonyl (C=O) groups is 8. The maximum atomic E-state index is 13.8. The molecule has 10 aromatic rings. The predicted molar refractivity (Wildman–Crippen MR) is 362 cm³/mol. The highest BCUT2D eigenvalue weighted by Crippen LogP contribution is 2.46. The number of allylic oxidation sites excluding steroid dienone is 1. The van der Waals surface area contributed by atoms with E-state index in [-0.39, 0.29) is 30.6 Å². The third kappa shape index (κ3) is 11.4. The highest BCUT2D eigenvalue weighted by atomic mass is 16.2. The Hall–Kier alpha value is -12.3. The summed E-state index contributed by atoms with van der Waals surface area (Å²) in [5.74, 6) is -3.90. The zero-order chi connectivity index (χ0) is 63.7. The molecule has 0 radical (unpaired) electrons. The van der Waals surface area contributed by atoms with E-state index in [4.69, 9.17) is 0 Å². The standard InChI is InChI=1S/C81H56N4O8/c86-64-37-42-73(87)82(51-64)69-38-33-60(47-65(69)54-15-5-1-6-16-54)80(61-34-39-70(66(48-61)55-17-7-2-8-18-55)83-74(88)23-13-14-24-75(83)89)58-29-25-52(26-30-58)53-27-31-59(32-28-53)81(62-35-40-71(84-76(90)43-44-77(84)91)67(49-62)56-19-9-3-10-20-56)63-36-41-72(85-78(92)45-46-79(85)93)68(50-63)57-21-11-4-12-22-57/h1-13,15-23,25-50,80-81H,14,24,51H2. The number of nitrogens with zero attached hydrogens (tertiary/aromatic N) is 4. The quantitative estimate of drug-likeness (QED) is 0.0727. The van der Waals surface area contributed by atoms with E-state index in [1.807, 2.05) is 182 Å². The topological polar surface area (TPSA) is 150 Å². The van der Waals surface area contributed by atoms with Gasteiger partial charge in [-0.2, -0.15) is 0 Å². The van der Waals surface area contributed by atoms with Crippen molar-refractivity contribution in [3.05, 3.63) is 325 Å². The number of carbonyl (C=O) groups excluding carboxylic acids is 8. The molecule has 12 heteroatoms. The highest BCUT2D eigenvalue weighted by molar-refractivity contribution is 6.30. The summed E-state index contributed by atoms with van der Waals surface area (Å²) in [5.41, 5.74) is 15.0. The molecule has 7 amide bonds. The molecule has 1 atom stereocenters. The van der Waals surface area contributed by atoms with E-state index in [0.29, 0.717) is 45.9 Å². The molecule has 0 fully saturated rings. The fourth-order valence-electron chi connectivity index (χ4n) is 13.0. The Kier molecular flexibility index (Phi) is 15.7. The van der Waals surface area contributed by atoms with Gasteiger partial charge in [0.25, 0.3) is 35.4 Å². The summed E-state index contributed by atoms with van der Waals surface area (Å²) >= 11 is 0. The van der Waals surface area contributed by atoms with E-state index < -0.39 is 41.4 Å². The molecule has 4 aliphatic heterocycles. The van der Waals surface area contributed by atoms with Crippen molar-refractivity contribution in [2.75, 3.05) is 26.1 Å². The van der Waals surface area contributed by atoms with E-state index in [1.165, 1.54) is 62.1 Å². The van der Waals surface area contributed by atoms with Crippen molar-refractivity contribution in [1.29, 1.82) is 0 Å². The van der Waals surface area contributed by atoms with Gasteiger partial charge in [-0.1, -0.05) is 200 Å². The first-order valence-corrected chi connectivity index (χ1v) is 30.6. The second kappa shape index (κ2) is 24.9. The molecule has 1 unspecified atom stereocenters. The first-order valence-electron chi connectivity index (χ1n) is 30.6. The van der Waals surface area contributed by atoms with Crippen LogP contribution < -0.4 is 19.6 Å². The third-order valence-electron chi connectivity index (χ3n) is 17.5. The minimum absolute atomic E-state index is 0.108. The lowest BCUT2D eigenvalue weighted by Crippen LogP contribution is -2.37. The molecule has 0 saturated heterocycles. The molecule has 448 valence electrons. The van der Waals surface area contributed by atoms with Gasteiger partial charge < -0.3 is 4.90 Å². The fourth-order valence-corrected chi connectivity index (χ4v) is 13.0. The van der Waals surface area contributed by atoms with Gasteiger partial charge in [0.15, 0.2) is 5.78 Å². The Morgan fingerprint density at radius 3 is 0.957 bits per heavy atom. The van der Waals surface area contributed by atoms with E-state index in [2.05, 4.69) is 60.7 Å². The van der Waals surface area contributed by atoms with E-state index in [1.54, 1.807) is 6.08 Å². The van der Waals surface area contributed by atoms with E-state index in [9.17, 15) is 38.4 Å². The van der Waals surface area contributed by atoms with Gasteiger partial charge in [0, 0.05) is 70.9 Å². The number of ketones is 1. The fraction of sp³-hybridized carbons (Fsp3) is 0.0617. The van der Waals surface area contributed by atoms with Crippen LogP contribution in [0.2, 0.25) is 0 Å². The van der Waals surface area contributed by atoms with Gasteiger partial charge in [-0.3, -0.25) is 38.4 Å². The van der Waals surface area contributed by atoms with Gasteiger partial charge in [0.05, 0.1) is 29.3 Å². The summed E-state index contributed by atoms with van der Waals surface area (Å²) in [5, 5.41) is 0. The average Bonchev–Trinajstić information content (AvgIpc) is 1.42. The Labute approximate surface area is 536 Å². The van der Waals surface area contributed by atoms with Crippen LogP contribution in [0.5, 0.6) is 0 Å². The zero-order valence-corrected chi connectivity index (χ0v) is 50.0. The second-order valence-corrected chi connectivity index (χ2v) is 23.1. The monoisotopic (exact) mass is 1210 g/mol. The van der Waals surface area contributed by atoms with Gasteiger partial charge in [-0.25, -0.2) is 14.7 Å². The summed E-state index contributed by atoms with van der Waals surface area (Å²) in [6.45, 7) is -0.108. The predicted octanol–water partition coefficient (Wildman–Crippen LogP) is 14.9. The van der Waals surface area contributed by atoms with Gasteiger partial charge in [-0.05, 0) is 134 Å². The molecule has 93 heavy (non-hydrogen) atoms. The van der Waals surface area contributed by atoms with Crippen LogP contribution in [0.25, 0.3) is 55.6 Å². The van der Waals surface area contributed by atoms with Crippen LogP contribution in [0.15, 0.2) is 291 Å². The molecule has 10 aromatic carbocycles. The Balaban J connectivity index is 0.895. The van der Waals surface area contributed by atoms with Crippen LogP contribution in [-0.2, 0) is 38.4 Å². The summed E-state index contributed by atoms with van der Waals surface area (Å²) in [7, 11) is 0. The lowest BCUT2D eigenvalue weighted by Gasteiger charge is -2.28. The van der Waals surface area contributed by atoms with Crippen molar-refractivity contribution >= 4 is 69.9 Å². The average molecular weight is 1210 g/mol. The van der Waals surface area contributed by atoms with Crippen LogP contribution in [0.4, 0.5) is 22.7 Å². The smallest absolute Gasteiger partial charge is 0.258 e. The zero-order valence-electron chi connectivity index (χ0n) is 50.0. The molecule has 14 rings (SSSR count). The van der Waals surface area contributed by atoms with Gasteiger partial charge in [0.1, 0.15) is 0 Å². The van der Waals surface area contributed by atoms with Crippen LogP contribution in [0.1, 0.15) is 58.1 Å². The Morgan fingerprint density at radius 1 is 0.269 bits per heavy atom. The number of imide groups is 3. The minimum Gasteiger partial charge on any atom is -0.300 e. The van der Waals surface area contributed by atoms with E-state index >= 15 is 0 Å². The summed E-state index contributed by atoms with van der Waals surface area (Å²) < 4.78 is 0. The number of rotatable bonds is 15. The normalized spacial score (nSPS) is 15.2. The molecular weight excluding hydrogens is 1160 g/mol. The van der Waals surface area contributed by atoms with Crippen LogP contribution in [-0.4, -0.2) is 53.7 Å². The molecule has 0 N–H and O–H groups in total. The summed E-state index contributed by atoms with van der Waals surface area (Å²) in [6, 6.07) is 78.8. The second-order valence-electron chi connectivity index (χ2n) is 23.1. The number of benzene rings is 10. The van der Waals surface area contributed by atoms with Crippen molar-refractivity contribution < 1.29 is 38.4 Å².